The summed E-state index contributed by atoms with van der Waals surface area (Å²) in [4.78, 5) is 1.44. The van der Waals surface area contributed by atoms with E-state index in [0.29, 0.717) is 12.2 Å². The van der Waals surface area contributed by atoms with Crippen LogP contribution in [0, 0.1) is 0 Å². The number of hydrogen-bond acceptors (Lipinski definition) is 5. The molecule has 21 heavy (non-hydrogen) atoms. The molecule has 1 heterocycles. The van der Waals surface area contributed by atoms with Crippen molar-refractivity contribution < 1.29 is 8.42 Å². The zero-order chi connectivity index (χ0) is 15.7. The van der Waals surface area contributed by atoms with E-state index in [4.69, 9.17) is 5.73 Å². The number of nitrogens with one attached hydrogen (secondary N) is 1. The highest BCUT2D eigenvalue weighted by molar-refractivity contribution is 7.90. The number of sulfone groups is 1. The van der Waals surface area contributed by atoms with Crippen LogP contribution in [0.4, 0.5) is 11.4 Å². The van der Waals surface area contributed by atoms with Crippen LogP contribution in [0.1, 0.15) is 18.7 Å². The molecule has 0 amide bonds. The van der Waals surface area contributed by atoms with E-state index >= 15 is 0 Å². The maximum atomic E-state index is 11.7. The van der Waals surface area contributed by atoms with Gasteiger partial charge < -0.3 is 11.1 Å². The lowest BCUT2D eigenvalue weighted by Crippen LogP contribution is -2.27. The predicted molar refractivity (Wildman–Crippen MR) is 89.8 cm³/mol. The molecular weight excluding hydrogens is 304 g/mol. The minimum atomic E-state index is -3.32. The van der Waals surface area contributed by atoms with Crippen molar-refractivity contribution in [1.82, 2.24) is 0 Å². The maximum Gasteiger partial charge on any atom is 0.177 e. The van der Waals surface area contributed by atoms with Crippen molar-refractivity contribution in [1.29, 1.82) is 0 Å². The summed E-state index contributed by atoms with van der Waals surface area (Å²) in [5, 5.41) is 5.32. The fourth-order valence-electron chi connectivity index (χ4n) is 2.09. The van der Waals surface area contributed by atoms with Crippen molar-refractivity contribution in [2.75, 3.05) is 23.9 Å². The molecule has 0 aliphatic carbocycles. The van der Waals surface area contributed by atoms with E-state index in [0.717, 1.165) is 6.26 Å². The monoisotopic (exact) mass is 324 g/mol. The smallest absolute Gasteiger partial charge is 0.177 e. The van der Waals surface area contributed by atoms with Crippen LogP contribution in [0.5, 0.6) is 0 Å². The van der Waals surface area contributed by atoms with Crippen molar-refractivity contribution in [2.45, 2.75) is 24.2 Å². The average Bonchev–Trinajstić information content (AvgIpc) is 2.90. The van der Waals surface area contributed by atoms with Crippen LogP contribution >= 0.6 is 11.3 Å². The highest BCUT2D eigenvalue weighted by atomic mass is 32.2. The molecule has 0 atom stereocenters. The summed E-state index contributed by atoms with van der Waals surface area (Å²) in [5.74, 6) is 0. The first-order valence-electron chi connectivity index (χ1n) is 6.58. The summed E-state index contributed by atoms with van der Waals surface area (Å²) < 4.78 is 23.4. The summed E-state index contributed by atoms with van der Waals surface area (Å²) in [6.07, 6.45) is 1.16. The lowest BCUT2D eigenvalue weighted by atomic mass is 9.91. The molecule has 2 rings (SSSR count). The summed E-state index contributed by atoms with van der Waals surface area (Å²) in [7, 11) is -3.32. The average molecular weight is 324 g/mol. The highest BCUT2D eigenvalue weighted by Gasteiger charge is 2.22. The molecular formula is C15H20N2O2S2. The van der Waals surface area contributed by atoms with Crippen LogP contribution in [-0.2, 0) is 15.3 Å². The molecule has 114 valence electrons. The van der Waals surface area contributed by atoms with Crippen LogP contribution in [0.15, 0.2) is 40.6 Å². The van der Waals surface area contributed by atoms with Gasteiger partial charge >= 0.3 is 0 Å². The fraction of sp³-hybridized carbons (Fsp3) is 0.333. The Labute approximate surface area is 129 Å². The van der Waals surface area contributed by atoms with Gasteiger partial charge in [-0.2, -0.15) is 0 Å². The van der Waals surface area contributed by atoms with E-state index in [1.54, 1.807) is 23.5 Å². The topological polar surface area (TPSA) is 72.2 Å². The molecule has 0 fully saturated rings. The number of anilines is 2. The summed E-state index contributed by atoms with van der Waals surface area (Å²) in [6.45, 7) is 4.95. The summed E-state index contributed by atoms with van der Waals surface area (Å²) >= 11 is 1.71. The Balaban J connectivity index is 2.22. The highest BCUT2D eigenvalue weighted by Crippen LogP contribution is 2.30. The van der Waals surface area contributed by atoms with Crippen LogP contribution in [-0.4, -0.2) is 21.2 Å². The Morgan fingerprint density at radius 3 is 2.52 bits per heavy atom. The molecule has 0 saturated heterocycles. The lowest BCUT2D eigenvalue weighted by Gasteiger charge is -2.25. The minimum absolute atomic E-state index is 0.0539. The second-order valence-electron chi connectivity index (χ2n) is 5.70. The molecule has 6 heteroatoms. The van der Waals surface area contributed by atoms with E-state index < -0.39 is 9.84 Å². The number of rotatable bonds is 5. The van der Waals surface area contributed by atoms with Crippen LogP contribution in [0.3, 0.4) is 0 Å². The van der Waals surface area contributed by atoms with Crippen LogP contribution in [0.2, 0.25) is 0 Å². The molecule has 0 unspecified atom stereocenters. The first-order chi connectivity index (χ1) is 9.72. The van der Waals surface area contributed by atoms with Gasteiger partial charge in [0.25, 0.3) is 0 Å². The minimum Gasteiger partial charge on any atom is -0.396 e. The van der Waals surface area contributed by atoms with Crippen molar-refractivity contribution in [3.05, 3.63) is 40.6 Å². The first kappa shape index (κ1) is 15.9. The Morgan fingerprint density at radius 1 is 1.24 bits per heavy atom. The van der Waals surface area contributed by atoms with Gasteiger partial charge in [-0.15, -0.1) is 11.3 Å². The second kappa shape index (κ2) is 5.69. The Bertz CT molecular complexity index is 720. The standard InChI is InChI=1S/C15H20N2O2S2/c1-15(2,13-8-5-9-20-13)10-17-11-6-4-7-12(14(11)16)21(3,18)19/h4-9,17H,10,16H2,1-3H3. The van der Waals surface area contributed by atoms with Crippen molar-refractivity contribution >= 4 is 32.5 Å². The van der Waals surface area contributed by atoms with Gasteiger partial charge in [0.2, 0.25) is 0 Å². The molecule has 2 aromatic rings. The SMILES string of the molecule is CC(C)(CNc1cccc(S(C)(=O)=O)c1N)c1cccs1. The van der Waals surface area contributed by atoms with Gasteiger partial charge in [0.15, 0.2) is 9.84 Å². The number of benzene rings is 1. The number of nitrogens with two attached hydrogens (primary N) is 1. The fourth-order valence-corrected chi connectivity index (χ4v) is 3.78. The Kier molecular flexibility index (Phi) is 4.30. The molecule has 0 bridgehead atoms. The van der Waals surface area contributed by atoms with Gasteiger partial charge in [-0.05, 0) is 23.6 Å². The number of thiophene rings is 1. The van der Waals surface area contributed by atoms with E-state index in [1.807, 2.05) is 6.07 Å². The van der Waals surface area contributed by atoms with E-state index in [1.165, 1.54) is 10.9 Å². The van der Waals surface area contributed by atoms with Gasteiger partial charge in [-0.3, -0.25) is 0 Å². The predicted octanol–water partition coefficient (Wildman–Crippen LogP) is 3.12. The summed E-state index contributed by atoms with van der Waals surface area (Å²) in [6, 6.07) is 9.16. The van der Waals surface area contributed by atoms with Crippen molar-refractivity contribution in [2.24, 2.45) is 0 Å². The molecule has 0 saturated carbocycles. The van der Waals surface area contributed by atoms with Gasteiger partial charge in [-0.1, -0.05) is 26.0 Å². The van der Waals surface area contributed by atoms with Gasteiger partial charge in [-0.25, -0.2) is 8.42 Å². The van der Waals surface area contributed by atoms with Crippen LogP contribution < -0.4 is 11.1 Å². The second-order valence-corrected chi connectivity index (χ2v) is 8.64. The molecule has 0 aliphatic heterocycles. The van der Waals surface area contributed by atoms with E-state index in [9.17, 15) is 8.42 Å². The zero-order valence-corrected chi connectivity index (χ0v) is 14.0. The molecule has 0 aliphatic rings. The van der Waals surface area contributed by atoms with Crippen molar-refractivity contribution in [3.63, 3.8) is 0 Å². The quantitative estimate of drug-likeness (QED) is 0.829. The number of para-hydroxylation sites is 1. The third-order valence-corrected chi connectivity index (χ3v) is 5.77. The van der Waals surface area contributed by atoms with E-state index in [2.05, 4.69) is 30.6 Å². The lowest BCUT2D eigenvalue weighted by molar-refractivity contribution is 0.569. The molecule has 3 N–H and O–H groups in total. The molecule has 0 radical (unpaired) electrons. The van der Waals surface area contributed by atoms with Gasteiger partial charge in [0.05, 0.1) is 16.3 Å². The molecule has 0 spiro atoms. The third kappa shape index (κ3) is 3.57. The maximum absolute atomic E-state index is 11.7. The van der Waals surface area contributed by atoms with Gasteiger partial charge in [0.1, 0.15) is 0 Å². The van der Waals surface area contributed by atoms with Crippen molar-refractivity contribution in [3.8, 4) is 0 Å². The largest absolute Gasteiger partial charge is 0.396 e. The number of hydrogen-bond donors (Lipinski definition) is 2. The molecule has 4 nitrogen and oxygen atoms in total. The third-order valence-electron chi connectivity index (χ3n) is 3.37. The molecule has 1 aromatic heterocycles. The Hall–Kier alpha value is -1.53. The normalized spacial score (nSPS) is 12.3. The summed E-state index contributed by atoms with van der Waals surface area (Å²) in [5.41, 5.74) is 6.86. The van der Waals surface area contributed by atoms with Crippen LogP contribution in [0.25, 0.3) is 0 Å². The molecule has 1 aromatic carbocycles. The van der Waals surface area contributed by atoms with Gasteiger partial charge in [0, 0.05) is 23.1 Å². The number of nitrogen functional groups attached to an aromatic ring is 1. The first-order valence-corrected chi connectivity index (χ1v) is 9.35. The zero-order valence-electron chi connectivity index (χ0n) is 12.4. The van der Waals surface area contributed by atoms with E-state index in [-0.39, 0.29) is 16.0 Å². The Morgan fingerprint density at radius 2 is 1.95 bits per heavy atom.